The summed E-state index contributed by atoms with van der Waals surface area (Å²) < 4.78 is 7.24. The van der Waals surface area contributed by atoms with E-state index in [2.05, 4.69) is 28.2 Å². The maximum atomic E-state index is 9.06. The van der Waals surface area contributed by atoms with Gasteiger partial charge in [-0.1, -0.05) is 10.8 Å². The lowest BCUT2D eigenvalue weighted by Crippen LogP contribution is -2.35. The van der Waals surface area contributed by atoms with Gasteiger partial charge >= 0.3 is 0 Å². The van der Waals surface area contributed by atoms with Gasteiger partial charge in [-0.3, -0.25) is 4.90 Å². The lowest BCUT2D eigenvalue weighted by molar-refractivity contribution is 0.191. The topological polar surface area (TPSA) is 67.3 Å². The fraction of sp³-hybridized carbons (Fsp3) is 0.500. The zero-order valence-electron chi connectivity index (χ0n) is 12.9. The molecule has 118 valence electrons. The van der Waals surface area contributed by atoms with Gasteiger partial charge in [0, 0.05) is 19.6 Å². The molecule has 0 aromatic carbocycles. The van der Waals surface area contributed by atoms with Crippen LogP contribution in [0.3, 0.4) is 0 Å². The molecule has 1 saturated heterocycles. The number of furan rings is 1. The summed E-state index contributed by atoms with van der Waals surface area (Å²) in [6, 6.07) is 4.26. The Morgan fingerprint density at radius 3 is 2.91 bits per heavy atom. The molecule has 0 aliphatic carbocycles. The van der Waals surface area contributed by atoms with E-state index >= 15 is 0 Å². The highest BCUT2D eigenvalue weighted by atomic mass is 16.3. The third-order valence-electron chi connectivity index (χ3n) is 4.06. The van der Waals surface area contributed by atoms with Crippen LogP contribution in [-0.4, -0.2) is 44.6 Å². The third-order valence-corrected chi connectivity index (χ3v) is 4.06. The number of aliphatic hydroxyl groups excluding tert-OH is 1. The molecule has 1 aliphatic rings. The molecular weight excluding hydrogens is 280 g/mol. The second-order valence-corrected chi connectivity index (χ2v) is 5.86. The average Bonchev–Trinajstić information content (AvgIpc) is 3.19. The standard InChI is InChI=1S/C16H22N4O2/c1-13(9-16-3-2-8-22-16)10-19-6-4-15(5-7-19)20-11-14(12-21)17-18-20/h2-3,8-9,11,15,21H,4-7,10,12H2,1H3/b13-9+. The smallest absolute Gasteiger partial charge is 0.126 e. The molecule has 0 radical (unpaired) electrons. The lowest BCUT2D eigenvalue weighted by atomic mass is 10.0. The van der Waals surface area contributed by atoms with Crippen molar-refractivity contribution in [3.05, 3.63) is 41.6 Å². The van der Waals surface area contributed by atoms with Gasteiger partial charge in [-0.15, -0.1) is 5.10 Å². The van der Waals surface area contributed by atoms with Crippen LogP contribution in [0.5, 0.6) is 0 Å². The maximum absolute atomic E-state index is 9.06. The monoisotopic (exact) mass is 302 g/mol. The molecule has 6 nitrogen and oxygen atoms in total. The van der Waals surface area contributed by atoms with E-state index in [0.717, 1.165) is 38.2 Å². The zero-order valence-corrected chi connectivity index (χ0v) is 12.9. The highest BCUT2D eigenvalue weighted by Gasteiger charge is 2.21. The maximum Gasteiger partial charge on any atom is 0.126 e. The molecule has 6 heteroatoms. The van der Waals surface area contributed by atoms with Crippen molar-refractivity contribution in [1.29, 1.82) is 0 Å². The number of rotatable bonds is 5. The molecule has 0 atom stereocenters. The van der Waals surface area contributed by atoms with Gasteiger partial charge in [-0.2, -0.15) is 0 Å². The van der Waals surface area contributed by atoms with E-state index in [1.165, 1.54) is 5.57 Å². The fourth-order valence-electron chi connectivity index (χ4n) is 2.92. The van der Waals surface area contributed by atoms with Gasteiger partial charge in [0.2, 0.25) is 0 Å². The van der Waals surface area contributed by atoms with Crippen molar-refractivity contribution in [2.24, 2.45) is 0 Å². The van der Waals surface area contributed by atoms with E-state index in [1.807, 2.05) is 23.0 Å². The average molecular weight is 302 g/mol. The van der Waals surface area contributed by atoms with Crippen LogP contribution in [0.4, 0.5) is 0 Å². The van der Waals surface area contributed by atoms with E-state index in [4.69, 9.17) is 9.52 Å². The van der Waals surface area contributed by atoms with Crippen LogP contribution < -0.4 is 0 Å². The van der Waals surface area contributed by atoms with Crippen molar-refractivity contribution < 1.29 is 9.52 Å². The zero-order chi connectivity index (χ0) is 15.4. The summed E-state index contributed by atoms with van der Waals surface area (Å²) in [4.78, 5) is 2.45. The molecular formula is C16H22N4O2. The van der Waals surface area contributed by atoms with Gasteiger partial charge < -0.3 is 9.52 Å². The van der Waals surface area contributed by atoms with E-state index in [9.17, 15) is 0 Å². The number of aromatic nitrogens is 3. The third kappa shape index (κ3) is 3.64. The molecule has 0 unspecified atom stereocenters. The van der Waals surface area contributed by atoms with Crippen LogP contribution in [0, 0.1) is 0 Å². The van der Waals surface area contributed by atoms with Gasteiger partial charge in [0.05, 0.1) is 25.1 Å². The molecule has 1 N–H and O–H groups in total. The molecule has 0 amide bonds. The molecule has 1 fully saturated rings. The Morgan fingerprint density at radius 1 is 1.45 bits per heavy atom. The summed E-state index contributed by atoms with van der Waals surface area (Å²) in [6.07, 6.45) is 7.76. The van der Waals surface area contributed by atoms with E-state index in [1.54, 1.807) is 6.26 Å². The first-order chi connectivity index (χ1) is 10.7. The minimum Gasteiger partial charge on any atom is -0.465 e. The number of hydrogen-bond donors (Lipinski definition) is 1. The predicted molar refractivity (Wildman–Crippen MR) is 83.0 cm³/mol. The summed E-state index contributed by atoms with van der Waals surface area (Å²) in [7, 11) is 0. The molecule has 1 aliphatic heterocycles. The van der Waals surface area contributed by atoms with E-state index in [-0.39, 0.29) is 6.61 Å². The number of nitrogens with zero attached hydrogens (tertiary/aromatic N) is 4. The van der Waals surface area contributed by atoms with Crippen LogP contribution >= 0.6 is 0 Å². The highest BCUT2D eigenvalue weighted by molar-refractivity contribution is 5.46. The van der Waals surface area contributed by atoms with Crippen LogP contribution in [0.15, 0.2) is 34.6 Å². The van der Waals surface area contributed by atoms with Crippen LogP contribution in [0.1, 0.15) is 37.3 Å². The summed E-state index contributed by atoms with van der Waals surface area (Å²) >= 11 is 0. The van der Waals surface area contributed by atoms with Crippen molar-refractivity contribution in [2.75, 3.05) is 19.6 Å². The van der Waals surface area contributed by atoms with Crippen molar-refractivity contribution in [3.8, 4) is 0 Å². The molecule has 2 aromatic heterocycles. The van der Waals surface area contributed by atoms with Crippen molar-refractivity contribution in [3.63, 3.8) is 0 Å². The summed E-state index contributed by atoms with van der Waals surface area (Å²) in [5, 5.41) is 17.1. The summed E-state index contributed by atoms with van der Waals surface area (Å²) in [5.74, 6) is 0.909. The molecule has 22 heavy (non-hydrogen) atoms. The predicted octanol–water partition coefficient (Wildman–Crippen LogP) is 2.10. The summed E-state index contributed by atoms with van der Waals surface area (Å²) in [5.41, 5.74) is 1.94. The number of hydrogen-bond acceptors (Lipinski definition) is 5. The Balaban J connectivity index is 1.51. The Bertz CT molecular complexity index is 610. The van der Waals surface area contributed by atoms with Crippen molar-refractivity contribution in [2.45, 2.75) is 32.4 Å². The van der Waals surface area contributed by atoms with Gasteiger partial charge in [-0.05, 0) is 38.0 Å². The first-order valence-electron chi connectivity index (χ1n) is 7.69. The molecule has 3 heterocycles. The Hall–Kier alpha value is -1.92. The number of piperidine rings is 1. The van der Waals surface area contributed by atoms with Gasteiger partial charge in [0.1, 0.15) is 11.5 Å². The Labute approximate surface area is 130 Å². The highest BCUT2D eigenvalue weighted by Crippen LogP contribution is 2.22. The lowest BCUT2D eigenvalue weighted by Gasteiger charge is -2.31. The minimum absolute atomic E-state index is 0.0460. The van der Waals surface area contributed by atoms with Gasteiger partial charge in [-0.25, -0.2) is 4.68 Å². The summed E-state index contributed by atoms with van der Waals surface area (Å²) in [6.45, 7) is 5.15. The second-order valence-electron chi connectivity index (χ2n) is 5.86. The Morgan fingerprint density at radius 2 is 2.27 bits per heavy atom. The Kier molecular flexibility index (Phi) is 4.70. The molecule has 0 spiro atoms. The molecule has 2 aromatic rings. The molecule has 0 bridgehead atoms. The van der Waals surface area contributed by atoms with E-state index < -0.39 is 0 Å². The largest absolute Gasteiger partial charge is 0.465 e. The minimum atomic E-state index is -0.0460. The van der Waals surface area contributed by atoms with Crippen molar-refractivity contribution in [1.82, 2.24) is 19.9 Å². The van der Waals surface area contributed by atoms with Gasteiger partial charge in [0.15, 0.2) is 0 Å². The van der Waals surface area contributed by atoms with Crippen LogP contribution in [-0.2, 0) is 6.61 Å². The quantitative estimate of drug-likeness (QED) is 0.916. The first-order valence-corrected chi connectivity index (χ1v) is 7.69. The number of likely N-dealkylation sites (tertiary alicyclic amines) is 1. The SMILES string of the molecule is C/C(=C\c1ccco1)CN1CCC(n2cc(CO)nn2)CC1. The van der Waals surface area contributed by atoms with Crippen LogP contribution in [0.25, 0.3) is 6.08 Å². The normalized spacial score (nSPS) is 18.0. The second kappa shape index (κ2) is 6.89. The molecule has 3 rings (SSSR count). The first kappa shape index (κ1) is 15.0. The van der Waals surface area contributed by atoms with Crippen LogP contribution in [0.2, 0.25) is 0 Å². The molecule has 0 saturated carbocycles. The fourth-order valence-corrected chi connectivity index (χ4v) is 2.92. The van der Waals surface area contributed by atoms with E-state index in [0.29, 0.717) is 11.7 Å². The van der Waals surface area contributed by atoms with Crippen molar-refractivity contribution >= 4 is 6.08 Å². The van der Waals surface area contributed by atoms with Gasteiger partial charge in [0.25, 0.3) is 0 Å². The number of aliphatic hydroxyl groups is 1.